The number of anilines is 1. The number of nitrogens with one attached hydrogen (secondary N) is 1. The number of aliphatic hydroxyl groups excluding tert-OH is 1. The van der Waals surface area contributed by atoms with Gasteiger partial charge < -0.3 is 14.6 Å². The lowest BCUT2D eigenvalue weighted by atomic mass is 9.76. The fraction of sp³-hybridized carbons (Fsp3) is 0.303. The monoisotopic (exact) mass is 566 g/mol. The maximum atomic E-state index is 14.3. The zero-order valence-corrected chi connectivity index (χ0v) is 23.5. The number of hydrogen-bond donors (Lipinski definition) is 2. The van der Waals surface area contributed by atoms with Crippen LogP contribution in [0.2, 0.25) is 0 Å². The minimum absolute atomic E-state index is 0.211. The van der Waals surface area contributed by atoms with E-state index < -0.39 is 18.1 Å². The molecule has 0 saturated carbocycles. The van der Waals surface area contributed by atoms with Gasteiger partial charge in [-0.2, -0.15) is 5.01 Å². The van der Waals surface area contributed by atoms with Gasteiger partial charge >= 0.3 is 6.09 Å². The van der Waals surface area contributed by atoms with E-state index in [2.05, 4.69) is 10.3 Å². The van der Waals surface area contributed by atoms with Crippen molar-refractivity contribution in [2.24, 2.45) is 5.41 Å². The Balaban J connectivity index is 1.43. The summed E-state index contributed by atoms with van der Waals surface area (Å²) in [6, 6.07) is 26.3. The SMILES string of the molecule is COC(=O)N(NC(=O)c1c(CN2CCC3(CC2)COC[C@@H]3O)c(-c2ccccc2)nc2ccccc12)c1ccccc1. The van der Waals surface area contributed by atoms with E-state index >= 15 is 0 Å². The molecule has 216 valence electrons. The van der Waals surface area contributed by atoms with Gasteiger partial charge in [-0.15, -0.1) is 0 Å². The topological polar surface area (TPSA) is 104 Å². The van der Waals surface area contributed by atoms with Crippen molar-refractivity contribution in [1.82, 2.24) is 15.3 Å². The Bertz CT molecular complexity index is 1570. The maximum Gasteiger partial charge on any atom is 0.433 e. The predicted molar refractivity (Wildman–Crippen MR) is 160 cm³/mol. The molecule has 2 saturated heterocycles. The van der Waals surface area contributed by atoms with E-state index in [9.17, 15) is 14.7 Å². The highest BCUT2D eigenvalue weighted by Crippen LogP contribution is 2.40. The lowest BCUT2D eigenvalue weighted by Crippen LogP contribution is -2.47. The summed E-state index contributed by atoms with van der Waals surface area (Å²) >= 11 is 0. The summed E-state index contributed by atoms with van der Waals surface area (Å²) in [5.41, 5.74) is 6.60. The molecule has 0 unspecified atom stereocenters. The molecule has 1 atom stereocenters. The molecule has 4 aromatic rings. The number of likely N-dealkylation sites (tertiary alicyclic amines) is 1. The second kappa shape index (κ2) is 11.9. The van der Waals surface area contributed by atoms with Crippen LogP contribution < -0.4 is 10.4 Å². The summed E-state index contributed by atoms with van der Waals surface area (Å²) in [6.45, 7) is 2.93. The smallest absolute Gasteiger partial charge is 0.433 e. The number of carbonyl (C=O) groups excluding carboxylic acids is 2. The van der Waals surface area contributed by atoms with E-state index in [1.807, 2.05) is 60.7 Å². The molecule has 6 rings (SSSR count). The van der Waals surface area contributed by atoms with Crippen LogP contribution in [0, 0.1) is 5.41 Å². The predicted octanol–water partition coefficient (Wildman–Crippen LogP) is 4.79. The van der Waals surface area contributed by atoms with E-state index in [0.717, 1.165) is 42.1 Å². The van der Waals surface area contributed by atoms with Gasteiger partial charge in [0.15, 0.2) is 0 Å². The number of hydrazine groups is 1. The summed E-state index contributed by atoms with van der Waals surface area (Å²) in [4.78, 5) is 34.5. The van der Waals surface area contributed by atoms with Crippen molar-refractivity contribution in [2.45, 2.75) is 25.5 Å². The highest BCUT2D eigenvalue weighted by molar-refractivity contribution is 6.10. The standard InChI is InChI=1S/C33H34N4O5/c1-41-32(40)37(24-12-6-3-7-13-24)35-31(39)29-25-14-8-9-15-27(25)34-30(23-10-4-2-5-11-23)26(29)20-36-18-16-33(17-19-36)22-42-21-28(33)38/h2-15,28,38H,16-22H2,1H3,(H,35,39)/t28-/m0/s1. The molecule has 9 heteroatoms. The Morgan fingerprint density at radius 2 is 1.69 bits per heavy atom. The lowest BCUT2D eigenvalue weighted by Gasteiger charge is -2.40. The van der Waals surface area contributed by atoms with E-state index in [1.165, 1.54) is 7.11 Å². The molecule has 1 aromatic heterocycles. The van der Waals surface area contributed by atoms with Crippen molar-refractivity contribution >= 4 is 28.6 Å². The first-order valence-electron chi connectivity index (χ1n) is 14.2. The summed E-state index contributed by atoms with van der Waals surface area (Å²) in [5, 5.41) is 12.4. The Kier molecular flexibility index (Phi) is 7.88. The van der Waals surface area contributed by atoms with Crippen LogP contribution in [0.5, 0.6) is 0 Å². The molecule has 2 N–H and O–H groups in total. The molecule has 3 heterocycles. The van der Waals surface area contributed by atoms with Gasteiger partial charge in [-0.05, 0) is 44.1 Å². The first kappa shape index (κ1) is 27.8. The molecule has 2 aliphatic rings. The number of ether oxygens (including phenoxy) is 2. The van der Waals surface area contributed by atoms with Crippen LogP contribution in [-0.2, 0) is 16.0 Å². The molecule has 2 fully saturated rings. The van der Waals surface area contributed by atoms with Crippen molar-refractivity contribution in [3.63, 3.8) is 0 Å². The molecule has 2 amide bonds. The lowest BCUT2D eigenvalue weighted by molar-refractivity contribution is 0.00997. The Morgan fingerprint density at radius 1 is 1.02 bits per heavy atom. The summed E-state index contributed by atoms with van der Waals surface area (Å²) < 4.78 is 10.6. The van der Waals surface area contributed by atoms with E-state index in [0.29, 0.717) is 47.6 Å². The molecule has 0 bridgehead atoms. The second-order valence-corrected chi connectivity index (χ2v) is 10.9. The summed E-state index contributed by atoms with van der Waals surface area (Å²) in [7, 11) is 1.28. The fourth-order valence-corrected chi connectivity index (χ4v) is 6.05. The number of aliphatic hydroxyl groups is 1. The third-order valence-electron chi connectivity index (χ3n) is 8.46. The molecule has 9 nitrogen and oxygen atoms in total. The highest BCUT2D eigenvalue weighted by atomic mass is 16.5. The molecular weight excluding hydrogens is 532 g/mol. The Labute approximate surface area is 244 Å². The number of nitrogens with zero attached hydrogens (tertiary/aromatic N) is 3. The second-order valence-electron chi connectivity index (χ2n) is 10.9. The fourth-order valence-electron chi connectivity index (χ4n) is 6.05. The van der Waals surface area contributed by atoms with Crippen molar-refractivity contribution in [3.05, 3.63) is 96.1 Å². The minimum atomic E-state index is -0.712. The average Bonchev–Trinajstić information content (AvgIpc) is 3.39. The van der Waals surface area contributed by atoms with Crippen LogP contribution in [0.1, 0.15) is 28.8 Å². The number of fused-ring (bicyclic) bond motifs is 1. The number of rotatable bonds is 5. The van der Waals surface area contributed by atoms with Crippen molar-refractivity contribution in [2.75, 3.05) is 38.4 Å². The number of pyridine rings is 1. The molecule has 1 spiro atoms. The molecule has 3 aromatic carbocycles. The van der Waals surface area contributed by atoms with Crippen LogP contribution in [0.25, 0.3) is 22.2 Å². The summed E-state index contributed by atoms with van der Waals surface area (Å²) in [5.74, 6) is -0.442. The normalized spacial score (nSPS) is 18.2. The van der Waals surface area contributed by atoms with Crippen LogP contribution >= 0.6 is 0 Å². The minimum Gasteiger partial charge on any atom is -0.451 e. The quantitative estimate of drug-likeness (QED) is 0.335. The number of aromatic nitrogens is 1. The van der Waals surface area contributed by atoms with Gasteiger partial charge in [-0.25, -0.2) is 9.78 Å². The van der Waals surface area contributed by atoms with Crippen LogP contribution in [0.4, 0.5) is 10.5 Å². The van der Waals surface area contributed by atoms with Crippen LogP contribution in [-0.4, -0.2) is 66.5 Å². The number of piperidine rings is 1. The summed E-state index contributed by atoms with van der Waals surface area (Å²) in [6.07, 6.45) is 0.449. The molecule has 2 aliphatic heterocycles. The van der Waals surface area contributed by atoms with Gasteiger partial charge in [0.1, 0.15) is 0 Å². The first-order chi connectivity index (χ1) is 20.5. The number of methoxy groups -OCH3 is 1. The number of amides is 2. The number of benzene rings is 3. The highest BCUT2D eigenvalue weighted by Gasteiger charge is 2.45. The Morgan fingerprint density at radius 3 is 2.36 bits per heavy atom. The van der Waals surface area contributed by atoms with Crippen molar-refractivity contribution < 1.29 is 24.2 Å². The van der Waals surface area contributed by atoms with E-state index in [-0.39, 0.29) is 5.41 Å². The third-order valence-corrected chi connectivity index (χ3v) is 8.46. The van der Waals surface area contributed by atoms with Gasteiger partial charge in [-0.3, -0.25) is 15.1 Å². The van der Waals surface area contributed by atoms with Crippen molar-refractivity contribution in [1.29, 1.82) is 0 Å². The average molecular weight is 567 g/mol. The van der Waals surface area contributed by atoms with Gasteiger partial charge in [0.25, 0.3) is 5.91 Å². The van der Waals surface area contributed by atoms with Gasteiger partial charge in [0.2, 0.25) is 0 Å². The maximum absolute atomic E-state index is 14.3. The first-order valence-corrected chi connectivity index (χ1v) is 14.2. The van der Waals surface area contributed by atoms with Crippen LogP contribution in [0.3, 0.4) is 0 Å². The molecule has 42 heavy (non-hydrogen) atoms. The van der Waals surface area contributed by atoms with Gasteiger partial charge in [0.05, 0.1) is 48.9 Å². The largest absolute Gasteiger partial charge is 0.451 e. The molecule has 0 radical (unpaired) electrons. The zero-order valence-electron chi connectivity index (χ0n) is 23.5. The van der Waals surface area contributed by atoms with E-state index in [1.54, 1.807) is 24.3 Å². The van der Waals surface area contributed by atoms with Gasteiger partial charge in [0, 0.05) is 28.5 Å². The van der Waals surface area contributed by atoms with Crippen molar-refractivity contribution in [3.8, 4) is 11.3 Å². The molecular formula is C33H34N4O5. The third kappa shape index (κ3) is 5.34. The number of hydrogen-bond acceptors (Lipinski definition) is 7. The number of para-hydroxylation sites is 2. The zero-order chi connectivity index (χ0) is 29.1. The van der Waals surface area contributed by atoms with Crippen LogP contribution in [0.15, 0.2) is 84.9 Å². The molecule has 0 aliphatic carbocycles. The Hall–Kier alpha value is -4.31. The van der Waals surface area contributed by atoms with Gasteiger partial charge in [-0.1, -0.05) is 66.7 Å². The van der Waals surface area contributed by atoms with E-state index in [4.69, 9.17) is 14.5 Å². The number of carbonyl (C=O) groups is 2.